The Labute approximate surface area is 73.6 Å². The second-order valence-corrected chi connectivity index (χ2v) is 2.81. The van der Waals surface area contributed by atoms with Crippen LogP contribution in [-0.4, -0.2) is 11.1 Å². The Morgan fingerprint density at radius 2 is 2.08 bits per heavy atom. The first-order valence-electron chi connectivity index (χ1n) is 4.15. The predicted molar refractivity (Wildman–Crippen MR) is 50.1 cm³/mol. The van der Waals surface area contributed by atoms with E-state index in [0.29, 0.717) is 6.42 Å². The quantitative estimate of drug-likeness (QED) is 0.489. The Balaban J connectivity index is 3.55. The zero-order valence-electron chi connectivity index (χ0n) is 7.55. The van der Waals surface area contributed by atoms with Gasteiger partial charge in [0, 0.05) is 6.42 Å². The van der Waals surface area contributed by atoms with Gasteiger partial charge in [-0.05, 0) is 26.2 Å². The molecule has 2 nitrogen and oxygen atoms in total. The van der Waals surface area contributed by atoms with Gasteiger partial charge in [0.05, 0.1) is 0 Å². The van der Waals surface area contributed by atoms with Crippen LogP contribution >= 0.6 is 0 Å². The molecule has 2 heteroatoms. The summed E-state index contributed by atoms with van der Waals surface area (Å²) in [6.45, 7) is 5.57. The lowest BCUT2D eigenvalue weighted by atomic mass is 10.1. The van der Waals surface area contributed by atoms with Gasteiger partial charge in [0.25, 0.3) is 0 Å². The topological polar surface area (TPSA) is 37.3 Å². The van der Waals surface area contributed by atoms with Gasteiger partial charge in [-0.1, -0.05) is 17.7 Å². The van der Waals surface area contributed by atoms with Crippen molar-refractivity contribution >= 4 is 5.97 Å². The minimum atomic E-state index is -0.730. The van der Waals surface area contributed by atoms with Gasteiger partial charge >= 0.3 is 5.97 Å². The van der Waals surface area contributed by atoms with Crippen molar-refractivity contribution in [2.45, 2.75) is 32.6 Å². The first-order chi connectivity index (χ1) is 5.66. The van der Waals surface area contributed by atoms with Crippen molar-refractivity contribution in [2.75, 3.05) is 0 Å². The second kappa shape index (κ2) is 6.65. The largest absolute Gasteiger partial charge is 0.481 e. The molecule has 12 heavy (non-hydrogen) atoms. The van der Waals surface area contributed by atoms with E-state index in [2.05, 4.69) is 12.7 Å². The summed E-state index contributed by atoms with van der Waals surface area (Å²) in [5.41, 5.74) is 1.15. The third kappa shape index (κ3) is 7.06. The predicted octanol–water partition coefficient (Wildman–Crippen LogP) is 2.76. The average Bonchev–Trinajstić information content (AvgIpc) is 2.01. The van der Waals surface area contributed by atoms with Gasteiger partial charge in [-0.25, -0.2) is 0 Å². The second-order valence-electron chi connectivity index (χ2n) is 2.81. The SMILES string of the molecule is C=CCCC=C(C)CCC(=O)O. The molecular weight excluding hydrogens is 152 g/mol. The summed E-state index contributed by atoms with van der Waals surface area (Å²) in [7, 11) is 0. The van der Waals surface area contributed by atoms with E-state index in [0.717, 1.165) is 18.4 Å². The van der Waals surface area contributed by atoms with Crippen molar-refractivity contribution in [3.8, 4) is 0 Å². The Hall–Kier alpha value is -1.05. The van der Waals surface area contributed by atoms with Gasteiger partial charge in [0.15, 0.2) is 0 Å². The van der Waals surface area contributed by atoms with Crippen molar-refractivity contribution in [3.05, 3.63) is 24.3 Å². The maximum Gasteiger partial charge on any atom is 0.303 e. The summed E-state index contributed by atoms with van der Waals surface area (Å²) in [4.78, 5) is 10.2. The molecule has 0 spiro atoms. The van der Waals surface area contributed by atoms with Gasteiger partial charge in [-0.3, -0.25) is 4.79 Å². The van der Waals surface area contributed by atoms with E-state index in [1.54, 1.807) is 0 Å². The Bertz CT molecular complexity index is 180. The van der Waals surface area contributed by atoms with Crippen molar-refractivity contribution in [1.82, 2.24) is 0 Å². The van der Waals surface area contributed by atoms with Crippen LogP contribution in [0.4, 0.5) is 0 Å². The first-order valence-corrected chi connectivity index (χ1v) is 4.15. The molecule has 0 aromatic heterocycles. The lowest BCUT2D eigenvalue weighted by Gasteiger charge is -1.96. The average molecular weight is 168 g/mol. The molecular formula is C10H16O2. The van der Waals surface area contributed by atoms with E-state index in [9.17, 15) is 4.79 Å². The standard InChI is InChI=1S/C10H16O2/c1-3-4-5-6-9(2)7-8-10(11)12/h3,6H,1,4-5,7-8H2,2H3,(H,11,12). The molecule has 0 aliphatic rings. The highest BCUT2D eigenvalue weighted by Gasteiger charge is 1.96. The van der Waals surface area contributed by atoms with Crippen molar-refractivity contribution in [3.63, 3.8) is 0 Å². The van der Waals surface area contributed by atoms with Crippen molar-refractivity contribution < 1.29 is 9.90 Å². The minimum absolute atomic E-state index is 0.233. The van der Waals surface area contributed by atoms with Crippen LogP contribution in [0, 0.1) is 0 Å². The third-order valence-electron chi connectivity index (χ3n) is 1.60. The molecule has 0 atom stereocenters. The van der Waals surface area contributed by atoms with Gasteiger partial charge < -0.3 is 5.11 Å². The number of hydrogen-bond donors (Lipinski definition) is 1. The molecule has 0 aromatic carbocycles. The zero-order chi connectivity index (χ0) is 9.40. The number of aliphatic carboxylic acids is 1. The van der Waals surface area contributed by atoms with E-state index >= 15 is 0 Å². The number of unbranched alkanes of at least 4 members (excludes halogenated alkanes) is 1. The number of rotatable bonds is 6. The van der Waals surface area contributed by atoms with Crippen LogP contribution < -0.4 is 0 Å². The summed E-state index contributed by atoms with van der Waals surface area (Å²) in [5.74, 6) is -0.730. The van der Waals surface area contributed by atoms with Crippen LogP contribution in [0.5, 0.6) is 0 Å². The van der Waals surface area contributed by atoms with Gasteiger partial charge in [-0.2, -0.15) is 0 Å². The minimum Gasteiger partial charge on any atom is -0.481 e. The van der Waals surface area contributed by atoms with Crippen molar-refractivity contribution in [2.24, 2.45) is 0 Å². The van der Waals surface area contributed by atoms with E-state index in [1.807, 2.05) is 13.0 Å². The summed E-state index contributed by atoms with van der Waals surface area (Å²) >= 11 is 0. The molecule has 0 unspecified atom stereocenters. The smallest absolute Gasteiger partial charge is 0.303 e. The fourth-order valence-corrected chi connectivity index (χ4v) is 0.854. The van der Waals surface area contributed by atoms with Crippen LogP contribution in [0.3, 0.4) is 0 Å². The molecule has 0 heterocycles. The highest BCUT2D eigenvalue weighted by atomic mass is 16.4. The number of hydrogen-bond acceptors (Lipinski definition) is 1. The molecule has 0 fully saturated rings. The summed E-state index contributed by atoms with van der Waals surface area (Å²) < 4.78 is 0. The van der Waals surface area contributed by atoms with Crippen LogP contribution in [0.15, 0.2) is 24.3 Å². The summed E-state index contributed by atoms with van der Waals surface area (Å²) in [6, 6.07) is 0. The molecule has 0 rings (SSSR count). The lowest BCUT2D eigenvalue weighted by Crippen LogP contribution is -1.93. The monoisotopic (exact) mass is 168 g/mol. The van der Waals surface area contributed by atoms with Crippen LogP contribution in [0.25, 0.3) is 0 Å². The Morgan fingerprint density at radius 1 is 1.42 bits per heavy atom. The zero-order valence-corrected chi connectivity index (χ0v) is 7.55. The highest BCUT2D eigenvalue weighted by Crippen LogP contribution is 2.06. The number of carbonyl (C=O) groups is 1. The maximum atomic E-state index is 10.2. The van der Waals surface area contributed by atoms with E-state index < -0.39 is 5.97 Å². The molecule has 0 radical (unpaired) electrons. The molecule has 0 saturated carbocycles. The van der Waals surface area contributed by atoms with Gasteiger partial charge in [-0.15, -0.1) is 6.58 Å². The van der Waals surface area contributed by atoms with Crippen LogP contribution in [-0.2, 0) is 4.79 Å². The van der Waals surface area contributed by atoms with Crippen LogP contribution in [0.2, 0.25) is 0 Å². The molecule has 0 aliphatic heterocycles. The van der Waals surface area contributed by atoms with Gasteiger partial charge in [0.2, 0.25) is 0 Å². The number of allylic oxidation sites excluding steroid dienone is 3. The fraction of sp³-hybridized carbons (Fsp3) is 0.500. The molecule has 0 aliphatic carbocycles. The number of carboxylic acids is 1. The summed E-state index contributed by atoms with van der Waals surface area (Å²) in [5, 5.41) is 8.39. The highest BCUT2D eigenvalue weighted by molar-refractivity contribution is 5.66. The first kappa shape index (κ1) is 11.0. The maximum absolute atomic E-state index is 10.2. The third-order valence-corrected chi connectivity index (χ3v) is 1.60. The molecule has 68 valence electrons. The Morgan fingerprint density at radius 3 is 2.58 bits per heavy atom. The molecule has 0 saturated heterocycles. The van der Waals surface area contributed by atoms with E-state index in [-0.39, 0.29) is 6.42 Å². The molecule has 0 aromatic rings. The number of carboxylic acid groups (broad SMARTS) is 1. The lowest BCUT2D eigenvalue weighted by molar-refractivity contribution is -0.136. The molecule has 0 amide bonds. The van der Waals surface area contributed by atoms with E-state index in [1.165, 1.54) is 0 Å². The normalized spacial score (nSPS) is 11.2. The van der Waals surface area contributed by atoms with E-state index in [4.69, 9.17) is 5.11 Å². The molecule has 0 bridgehead atoms. The Kier molecular flexibility index (Phi) is 6.07. The van der Waals surface area contributed by atoms with Crippen LogP contribution in [0.1, 0.15) is 32.6 Å². The summed E-state index contributed by atoms with van der Waals surface area (Å²) in [6.07, 6.45) is 6.76. The van der Waals surface area contributed by atoms with Crippen molar-refractivity contribution in [1.29, 1.82) is 0 Å². The van der Waals surface area contributed by atoms with Gasteiger partial charge in [0.1, 0.15) is 0 Å². The fourth-order valence-electron chi connectivity index (χ4n) is 0.854. The molecule has 1 N–H and O–H groups in total.